The minimum Gasteiger partial charge on any atom is -0.390 e. The summed E-state index contributed by atoms with van der Waals surface area (Å²) >= 11 is 16.3. The fourth-order valence-electron chi connectivity index (χ4n) is 14.9. The van der Waals surface area contributed by atoms with Crippen LogP contribution in [-0.4, -0.2) is 342 Å². The van der Waals surface area contributed by atoms with E-state index in [1.165, 1.54) is 26.1 Å². The van der Waals surface area contributed by atoms with Gasteiger partial charge in [0.2, 0.25) is 0 Å². The summed E-state index contributed by atoms with van der Waals surface area (Å²) in [6.45, 7) is 26.1. The first-order chi connectivity index (χ1) is 56.4. The van der Waals surface area contributed by atoms with Gasteiger partial charge in [0.15, 0.2) is 80.7 Å². The van der Waals surface area contributed by atoms with Gasteiger partial charge >= 0.3 is 0 Å². The van der Waals surface area contributed by atoms with Crippen molar-refractivity contribution in [1.82, 2.24) is 97.6 Å². The minimum atomic E-state index is -1.21. The SMILES string of the molecule is C=P(C)(C)CC[C@H]1OC(n2cnc3c(=O)[nH]c(C)nc32)C(Br)[C@@H]1O.C=P(C)(C)CC[C@H]1OC(n2cnc3c(=O)[nH]c(C)nc32)C(C)[C@@H]1O.C=P(C)(C)CC[C@H]1OC(n2cnc3c(=O)[nH]c(C)nc32)C(Cl)[C@@H]1O.C=P(C)(C)CC[C@H]1OC(n2cnc3c(=O)[nH]c(C)nc32)C(Cl)[C@@H]1O.C=P(C)(C)CC[C@H]1OC(n2cnc3c(=O)[nH]c(C)nc32)[C@H](OC)[C@@H]1O. The van der Waals surface area contributed by atoms with E-state index < -0.39 is 107 Å². The zero-order chi connectivity index (χ0) is 88.9. The molecule has 36 nitrogen and oxygen atoms in total. The molecular weight excluding hydrogens is 1770 g/mol. The average molecular weight is 1880 g/mol. The Morgan fingerprint density at radius 3 is 0.884 bits per heavy atom. The van der Waals surface area contributed by atoms with Crippen molar-refractivity contribution in [3.63, 3.8) is 0 Å². The van der Waals surface area contributed by atoms with E-state index >= 15 is 0 Å². The lowest BCUT2D eigenvalue weighted by molar-refractivity contribution is -0.0496. The Kier molecular flexibility index (Phi) is 30.2. The second kappa shape index (κ2) is 38.2. The summed E-state index contributed by atoms with van der Waals surface area (Å²) in [5, 5.41) is 51.2. The molecule has 0 aliphatic carbocycles. The normalized spacial score (nSPS) is 27.7. The van der Waals surface area contributed by atoms with E-state index in [9.17, 15) is 49.5 Å². The van der Waals surface area contributed by atoms with Gasteiger partial charge in [0.1, 0.15) is 70.5 Å². The van der Waals surface area contributed by atoms with Gasteiger partial charge in [-0.25, -0.2) is 49.8 Å². The van der Waals surface area contributed by atoms with Crippen molar-refractivity contribution >= 4 is 161 Å². The van der Waals surface area contributed by atoms with E-state index in [1.807, 2.05) is 6.92 Å². The number of hydrogen-bond donors (Lipinski definition) is 10. The van der Waals surface area contributed by atoms with Crippen molar-refractivity contribution < 1.29 is 54.0 Å². The summed E-state index contributed by atoms with van der Waals surface area (Å²) in [7, 11) is 1.54. The maximum absolute atomic E-state index is 12.0. The Hall–Kier alpha value is -6.13. The fraction of sp³-hybridized carbons (Fsp3) is 0.610. The lowest BCUT2D eigenvalue weighted by Gasteiger charge is -2.20. The topological polar surface area (TPSA) is 474 Å². The van der Waals surface area contributed by atoms with E-state index in [1.54, 1.807) is 70.1 Å². The molecule has 10 aromatic heterocycles. The highest BCUT2D eigenvalue weighted by Crippen LogP contribution is 2.47. The smallest absolute Gasteiger partial charge is 0.279 e. The summed E-state index contributed by atoms with van der Waals surface area (Å²) in [5.41, 5.74) is 2.01. The van der Waals surface area contributed by atoms with Crippen LogP contribution in [0, 0.1) is 40.5 Å². The van der Waals surface area contributed by atoms with E-state index in [-0.39, 0.29) is 97.4 Å². The predicted molar refractivity (Wildman–Crippen MR) is 493 cm³/mol. The molecule has 0 bridgehead atoms. The maximum Gasteiger partial charge on any atom is 0.279 e. The number of imidazole rings is 5. The van der Waals surface area contributed by atoms with Crippen LogP contribution < -0.4 is 27.8 Å². The summed E-state index contributed by atoms with van der Waals surface area (Å²) < 4.78 is 44.2. The molecule has 121 heavy (non-hydrogen) atoms. The lowest BCUT2D eigenvalue weighted by atomic mass is 10.0. The Morgan fingerprint density at radius 1 is 0.380 bits per heavy atom. The van der Waals surface area contributed by atoms with Gasteiger partial charge in [-0.05, 0) is 164 Å². The third-order valence-corrected chi connectivity index (χ3v) is 30.7. The third-order valence-electron chi connectivity index (χ3n) is 21.4. The summed E-state index contributed by atoms with van der Waals surface area (Å²) in [4.78, 5) is 115. The van der Waals surface area contributed by atoms with Crippen LogP contribution in [0.3, 0.4) is 0 Å². The zero-order valence-electron chi connectivity index (χ0n) is 71.3. The summed E-state index contributed by atoms with van der Waals surface area (Å²) in [6.07, 6.45) is 28.5. The van der Waals surface area contributed by atoms with Gasteiger partial charge in [-0.15, -0.1) is 89.1 Å². The van der Waals surface area contributed by atoms with Crippen LogP contribution in [0.2, 0.25) is 0 Å². The predicted octanol–water partition coefficient (Wildman–Crippen LogP) is 6.56. The van der Waals surface area contributed by atoms with Gasteiger partial charge in [0, 0.05) is 13.0 Å². The first kappa shape index (κ1) is 95.5. The fourth-order valence-corrected chi connectivity index (χ4v) is 21.0. The number of alkyl halides is 3. The van der Waals surface area contributed by atoms with Crippen molar-refractivity contribution in [1.29, 1.82) is 0 Å². The van der Waals surface area contributed by atoms with Crippen LogP contribution in [-0.2, 0) is 28.4 Å². The molecule has 9 unspecified atom stereocenters. The number of methoxy groups -OCH3 is 1. The Labute approximate surface area is 718 Å². The highest BCUT2D eigenvalue weighted by atomic mass is 79.9. The van der Waals surface area contributed by atoms with E-state index in [0.717, 1.165) is 43.7 Å². The third kappa shape index (κ3) is 22.6. The van der Waals surface area contributed by atoms with Crippen LogP contribution in [0.15, 0.2) is 55.6 Å². The van der Waals surface area contributed by atoms with Crippen molar-refractivity contribution in [3.8, 4) is 0 Å². The molecule has 15 rings (SSSR count). The molecule has 20 atom stereocenters. The number of aromatic amines is 5. The number of hydrogen-bond acceptors (Lipinski definition) is 26. The van der Waals surface area contributed by atoms with E-state index in [2.05, 4.69) is 189 Å². The molecule has 0 saturated carbocycles. The van der Waals surface area contributed by atoms with Crippen LogP contribution in [0.1, 0.15) is 99.3 Å². The number of nitrogens with one attached hydrogen (secondary N) is 5. The highest BCUT2D eigenvalue weighted by Gasteiger charge is 2.49. The lowest BCUT2D eigenvalue weighted by Crippen LogP contribution is -2.33. The molecule has 15 heterocycles. The van der Waals surface area contributed by atoms with Crippen LogP contribution in [0.4, 0.5) is 0 Å². The molecular formula is C77H116BrCl2N20O16P5. The standard InChI is InChI=1S/C16H25N4O4P.C16H25N4O3P.C15H22BrN4O3P.2C15H22ClN4O3P/c1-9-18-14-11(15(22)19-9)17-8-20(14)16-13(23-2)12(21)10(24-16)6-7-25(3,4)5;1-9-13(21)11(6-7-24(3,4)5)23-16(9)20-8-17-12-14(20)18-10(2)19-15(12)22;3*1-8-18-13-11(14(22)19-8)17-7-20(13)15-10(16)12(21)9(23-15)5-6-24(2,3)4/h8,10,12-13,16,21H,3,6-7H2,1-2,4-5H3,(H,18,19,22);8-9,11,13,16,21H,3,6-7H2,1-2,4-5H3,(H,18,19,22);3*7,9-10,12,15,21H,2,5-6H2,1,3-4H3,(H,18,19,22)/t10-,12-,13-,16?;9?,11-,13+,16?;3*9-,10?,12-,15?/m11111/s1. The van der Waals surface area contributed by atoms with Crippen molar-refractivity contribution in [2.45, 2.75) is 188 Å². The number of nitrogens with zero attached hydrogens (tertiary/aromatic N) is 15. The number of rotatable bonds is 21. The molecule has 0 aromatic carbocycles. The van der Waals surface area contributed by atoms with Gasteiger partial charge in [0.25, 0.3) is 27.8 Å². The monoisotopic (exact) mass is 1880 g/mol. The molecule has 0 amide bonds. The van der Waals surface area contributed by atoms with E-state index in [0.29, 0.717) is 82.1 Å². The van der Waals surface area contributed by atoms with E-state index in [4.69, 9.17) is 51.6 Å². The second-order valence-electron chi connectivity index (χ2n) is 35.3. The largest absolute Gasteiger partial charge is 0.390 e. The first-order valence-corrected chi connectivity index (χ1v) is 56.6. The summed E-state index contributed by atoms with van der Waals surface area (Å²) in [6, 6.07) is 0. The molecule has 5 saturated heterocycles. The zero-order valence-corrected chi connectivity index (χ0v) is 78.9. The molecule has 0 radical (unpaired) electrons. The Morgan fingerprint density at radius 2 is 0.603 bits per heavy atom. The molecule has 10 N–H and O–H groups in total. The number of halogens is 3. The molecule has 0 spiro atoms. The second-order valence-corrected chi connectivity index (χ2v) is 58.9. The first-order valence-electron chi connectivity index (χ1n) is 39.6. The number of H-pyrrole nitrogens is 5. The number of fused-ring (bicyclic) bond motifs is 5. The number of aromatic nitrogens is 20. The van der Waals surface area contributed by atoms with Gasteiger partial charge in [-0.1, -0.05) is 22.9 Å². The molecule has 5 fully saturated rings. The van der Waals surface area contributed by atoms with Gasteiger partial charge < -0.3 is 78.9 Å². The number of aliphatic hydroxyl groups is 5. The van der Waals surface area contributed by atoms with Gasteiger partial charge in [0.05, 0.1) is 79.2 Å². The number of aryl methyl sites for hydroxylation is 5. The van der Waals surface area contributed by atoms with Gasteiger partial charge in [-0.2, -0.15) is 0 Å². The summed E-state index contributed by atoms with van der Waals surface area (Å²) in [5.74, 6) is 2.39. The van der Waals surface area contributed by atoms with Crippen LogP contribution in [0.25, 0.3) is 55.8 Å². The minimum absolute atomic E-state index is 0.111. The van der Waals surface area contributed by atoms with Crippen LogP contribution >= 0.6 is 73.6 Å². The Bertz CT molecular complexity index is 5390. The molecule has 10 aromatic rings. The Balaban J connectivity index is 0.000000148. The molecule has 44 heteroatoms. The highest BCUT2D eigenvalue weighted by molar-refractivity contribution is 9.09. The number of aliphatic hydroxyl groups excluding tert-OH is 5. The van der Waals surface area contributed by atoms with Gasteiger partial charge in [-0.3, -0.25) is 46.8 Å². The molecule has 666 valence electrons. The maximum atomic E-state index is 12.0. The van der Waals surface area contributed by atoms with Crippen molar-refractivity contribution in [2.24, 2.45) is 5.92 Å². The van der Waals surface area contributed by atoms with Crippen molar-refractivity contribution in [3.05, 3.63) is 113 Å². The van der Waals surface area contributed by atoms with Crippen LogP contribution in [0.5, 0.6) is 0 Å². The average Bonchev–Trinajstić information content (AvgIpc) is 1.64. The molecule has 5 aliphatic heterocycles. The molecule has 5 aliphatic rings. The number of ether oxygens (including phenoxy) is 6. The quantitative estimate of drug-likeness (QED) is 0.0269. The van der Waals surface area contributed by atoms with Crippen molar-refractivity contribution in [2.75, 3.05) is 105 Å².